The van der Waals surface area contributed by atoms with E-state index in [1.807, 2.05) is 11.9 Å². The lowest BCUT2D eigenvalue weighted by Gasteiger charge is -2.17. The highest BCUT2D eigenvalue weighted by Gasteiger charge is 2.15. The van der Waals surface area contributed by atoms with Crippen LogP contribution in [0, 0.1) is 11.6 Å². The topological polar surface area (TPSA) is 21.7 Å². The van der Waals surface area contributed by atoms with E-state index in [0.717, 1.165) is 37.6 Å². The van der Waals surface area contributed by atoms with Crippen LogP contribution in [0.2, 0.25) is 0 Å². The van der Waals surface area contributed by atoms with Gasteiger partial charge in [0.1, 0.15) is 0 Å². The third kappa shape index (κ3) is 4.81. The lowest BCUT2D eigenvalue weighted by atomic mass is 10.2. The fourth-order valence-corrected chi connectivity index (χ4v) is 2.24. The molecule has 1 aliphatic heterocycles. The number of likely N-dealkylation sites (N-methyl/N-ethyl adjacent to an activating group) is 1. The summed E-state index contributed by atoms with van der Waals surface area (Å²) in [6.45, 7) is 3.40. The van der Waals surface area contributed by atoms with Crippen molar-refractivity contribution in [3.63, 3.8) is 0 Å². The molecule has 20 heavy (non-hydrogen) atoms. The van der Waals surface area contributed by atoms with Crippen molar-refractivity contribution in [2.24, 2.45) is 0 Å². The van der Waals surface area contributed by atoms with Crippen molar-refractivity contribution in [3.8, 4) is 0 Å². The molecule has 1 saturated heterocycles. The maximum absolute atomic E-state index is 13.1. The third-order valence-corrected chi connectivity index (χ3v) is 3.38. The van der Waals surface area contributed by atoms with E-state index in [2.05, 4.69) is 0 Å². The van der Waals surface area contributed by atoms with Gasteiger partial charge in [-0.2, -0.15) is 0 Å². The number of benzene rings is 1. The third-order valence-electron chi connectivity index (χ3n) is 3.38. The number of halogens is 2. The molecule has 5 heteroatoms. The average Bonchev–Trinajstić information content (AvgIpc) is 2.92. The monoisotopic (exact) mass is 285 g/mol. The summed E-state index contributed by atoms with van der Waals surface area (Å²) < 4.78 is 36.9. The Labute approximate surface area is 118 Å². The first-order valence-corrected chi connectivity index (χ1v) is 6.97. The van der Waals surface area contributed by atoms with Crippen molar-refractivity contribution in [1.29, 1.82) is 0 Å². The molecule has 0 aromatic heterocycles. The van der Waals surface area contributed by atoms with Crippen molar-refractivity contribution >= 4 is 0 Å². The molecule has 1 heterocycles. The Morgan fingerprint density at radius 1 is 1.35 bits per heavy atom. The van der Waals surface area contributed by atoms with Gasteiger partial charge in [0.2, 0.25) is 0 Å². The molecule has 2 rings (SSSR count). The highest BCUT2D eigenvalue weighted by Crippen LogP contribution is 2.12. The second-order valence-electron chi connectivity index (χ2n) is 5.20. The molecule has 112 valence electrons. The molecule has 1 fully saturated rings. The van der Waals surface area contributed by atoms with Crippen molar-refractivity contribution in [3.05, 3.63) is 35.4 Å². The molecule has 1 aliphatic rings. The summed E-state index contributed by atoms with van der Waals surface area (Å²) in [6.07, 6.45) is 2.43. The van der Waals surface area contributed by atoms with Gasteiger partial charge in [0.25, 0.3) is 0 Å². The SMILES string of the molecule is CN(CCOC[C@H]1CCCO1)Cc1ccc(F)c(F)c1. The predicted octanol–water partition coefficient (Wildman–Crippen LogP) is 2.59. The van der Waals surface area contributed by atoms with Crippen molar-refractivity contribution in [2.75, 3.05) is 33.4 Å². The second-order valence-corrected chi connectivity index (χ2v) is 5.20. The van der Waals surface area contributed by atoms with E-state index in [4.69, 9.17) is 9.47 Å². The lowest BCUT2D eigenvalue weighted by Crippen LogP contribution is -2.24. The predicted molar refractivity (Wildman–Crippen MR) is 72.5 cm³/mol. The zero-order chi connectivity index (χ0) is 14.4. The second kappa shape index (κ2) is 7.67. The van der Waals surface area contributed by atoms with E-state index in [-0.39, 0.29) is 6.10 Å². The van der Waals surface area contributed by atoms with Gasteiger partial charge in [-0.05, 0) is 37.6 Å². The van der Waals surface area contributed by atoms with Gasteiger partial charge in [-0.3, -0.25) is 4.90 Å². The maximum atomic E-state index is 13.1. The summed E-state index contributed by atoms with van der Waals surface area (Å²) in [5, 5.41) is 0. The molecule has 0 radical (unpaired) electrons. The molecular weight excluding hydrogens is 264 g/mol. The number of hydrogen-bond acceptors (Lipinski definition) is 3. The highest BCUT2D eigenvalue weighted by atomic mass is 19.2. The van der Waals surface area contributed by atoms with Gasteiger partial charge in [0.05, 0.1) is 19.3 Å². The molecule has 1 atom stereocenters. The van der Waals surface area contributed by atoms with Gasteiger partial charge in [-0.1, -0.05) is 6.07 Å². The van der Waals surface area contributed by atoms with Crippen LogP contribution >= 0.6 is 0 Å². The minimum Gasteiger partial charge on any atom is -0.377 e. The molecule has 0 unspecified atom stereocenters. The average molecular weight is 285 g/mol. The van der Waals surface area contributed by atoms with Crippen molar-refractivity contribution < 1.29 is 18.3 Å². The molecule has 1 aromatic carbocycles. The molecular formula is C15H21F2NO2. The van der Waals surface area contributed by atoms with Gasteiger partial charge in [-0.15, -0.1) is 0 Å². The van der Waals surface area contributed by atoms with Crippen LogP contribution in [0.1, 0.15) is 18.4 Å². The van der Waals surface area contributed by atoms with Crippen molar-refractivity contribution in [1.82, 2.24) is 4.90 Å². The molecule has 3 nitrogen and oxygen atoms in total. The molecule has 0 spiro atoms. The molecule has 0 saturated carbocycles. The van der Waals surface area contributed by atoms with E-state index in [1.54, 1.807) is 6.07 Å². The van der Waals surface area contributed by atoms with Crippen molar-refractivity contribution in [2.45, 2.75) is 25.5 Å². The Morgan fingerprint density at radius 3 is 2.90 bits per heavy atom. The van der Waals surface area contributed by atoms with E-state index < -0.39 is 11.6 Å². The summed E-state index contributed by atoms with van der Waals surface area (Å²) in [5.74, 6) is -1.61. The van der Waals surface area contributed by atoms with Crippen LogP contribution < -0.4 is 0 Å². The zero-order valence-electron chi connectivity index (χ0n) is 11.8. The van der Waals surface area contributed by atoms with Gasteiger partial charge in [0.15, 0.2) is 11.6 Å². The van der Waals surface area contributed by atoms with Gasteiger partial charge < -0.3 is 9.47 Å². The summed E-state index contributed by atoms with van der Waals surface area (Å²) in [7, 11) is 1.93. The van der Waals surface area contributed by atoms with Crippen LogP contribution in [0.25, 0.3) is 0 Å². The van der Waals surface area contributed by atoms with Crippen LogP contribution in [-0.4, -0.2) is 44.4 Å². The smallest absolute Gasteiger partial charge is 0.159 e. The summed E-state index contributed by atoms with van der Waals surface area (Å²) in [4.78, 5) is 2.02. The molecule has 0 N–H and O–H groups in total. The number of nitrogens with zero attached hydrogens (tertiary/aromatic N) is 1. The maximum Gasteiger partial charge on any atom is 0.159 e. The van der Waals surface area contributed by atoms with Gasteiger partial charge >= 0.3 is 0 Å². The Kier molecular flexibility index (Phi) is 5.88. The minimum atomic E-state index is -0.809. The minimum absolute atomic E-state index is 0.242. The van der Waals surface area contributed by atoms with Gasteiger partial charge in [-0.25, -0.2) is 8.78 Å². The molecule has 0 amide bonds. The first-order chi connectivity index (χ1) is 9.65. The summed E-state index contributed by atoms with van der Waals surface area (Å²) >= 11 is 0. The Balaban J connectivity index is 1.64. The Bertz CT molecular complexity index is 422. The first-order valence-electron chi connectivity index (χ1n) is 6.97. The fraction of sp³-hybridized carbons (Fsp3) is 0.600. The Morgan fingerprint density at radius 2 is 2.20 bits per heavy atom. The van der Waals surface area contributed by atoms with E-state index >= 15 is 0 Å². The van der Waals surface area contributed by atoms with Crippen LogP contribution in [0.4, 0.5) is 8.78 Å². The molecule has 0 bridgehead atoms. The van der Waals surface area contributed by atoms with Crippen LogP contribution in [-0.2, 0) is 16.0 Å². The number of ether oxygens (including phenoxy) is 2. The number of hydrogen-bond donors (Lipinski definition) is 0. The van der Waals surface area contributed by atoms with Crippen LogP contribution in [0.15, 0.2) is 18.2 Å². The van der Waals surface area contributed by atoms with E-state index in [9.17, 15) is 8.78 Å². The highest BCUT2D eigenvalue weighted by molar-refractivity contribution is 5.17. The molecule has 0 aliphatic carbocycles. The van der Waals surface area contributed by atoms with Gasteiger partial charge in [0, 0.05) is 19.7 Å². The van der Waals surface area contributed by atoms with E-state index in [0.29, 0.717) is 19.8 Å². The largest absolute Gasteiger partial charge is 0.377 e. The Hall–Kier alpha value is -1.04. The standard InChI is InChI=1S/C15H21F2NO2/c1-18(6-8-19-11-13-3-2-7-20-13)10-12-4-5-14(16)15(17)9-12/h4-5,9,13H,2-3,6-8,10-11H2,1H3/t13-/m1/s1. The number of rotatable bonds is 7. The summed E-state index contributed by atoms with van der Waals surface area (Å²) in [6, 6.07) is 3.99. The lowest BCUT2D eigenvalue weighted by molar-refractivity contribution is 0.0117. The zero-order valence-corrected chi connectivity index (χ0v) is 11.8. The first kappa shape index (κ1) is 15.4. The van der Waals surface area contributed by atoms with E-state index in [1.165, 1.54) is 6.07 Å². The van der Waals surface area contributed by atoms with Crippen LogP contribution in [0.5, 0.6) is 0 Å². The normalized spacial score (nSPS) is 18.9. The quantitative estimate of drug-likeness (QED) is 0.719. The summed E-state index contributed by atoms with van der Waals surface area (Å²) in [5.41, 5.74) is 0.755. The fourth-order valence-electron chi connectivity index (χ4n) is 2.24. The van der Waals surface area contributed by atoms with Crippen LogP contribution in [0.3, 0.4) is 0 Å². The molecule has 1 aromatic rings.